The van der Waals surface area contributed by atoms with Crippen LogP contribution in [0.5, 0.6) is 0 Å². The van der Waals surface area contributed by atoms with Crippen LogP contribution in [0.1, 0.15) is 33.6 Å². The van der Waals surface area contributed by atoms with Crippen molar-refractivity contribution >= 4 is 29.9 Å². The fraction of sp³-hybridized carbons (Fsp3) is 0.290. The number of para-hydroxylation sites is 1. The number of ether oxygens (including phenoxy) is 1. The standard InChI is InChI=1S/C31H34N4O5/c1-34(30(38)25-11-7-10-24(22-25)29(37)32-16-21-36)19-20-35-17-14-26(15-18-35)40-31(39)33-28-13-6-5-12-27(28)23-8-3-2-4-9-23/h2-13,21-22,26H,14-20H2,1H3,(H,32,37)(H,33,39). The highest BCUT2D eigenvalue weighted by Gasteiger charge is 2.23. The molecule has 9 heteroatoms. The van der Waals surface area contributed by atoms with Crippen LogP contribution in [-0.2, 0) is 9.53 Å². The Balaban J connectivity index is 1.21. The van der Waals surface area contributed by atoms with Gasteiger partial charge in [-0.1, -0.05) is 54.6 Å². The summed E-state index contributed by atoms with van der Waals surface area (Å²) in [5, 5.41) is 5.37. The maximum Gasteiger partial charge on any atom is 0.411 e. The van der Waals surface area contributed by atoms with Crippen molar-refractivity contribution in [3.05, 3.63) is 90.0 Å². The number of nitrogens with one attached hydrogen (secondary N) is 2. The summed E-state index contributed by atoms with van der Waals surface area (Å²) in [6.45, 7) is 2.64. The molecule has 40 heavy (non-hydrogen) atoms. The van der Waals surface area contributed by atoms with Crippen molar-refractivity contribution in [3.63, 3.8) is 0 Å². The van der Waals surface area contributed by atoms with Crippen LogP contribution < -0.4 is 10.6 Å². The van der Waals surface area contributed by atoms with E-state index in [1.807, 2.05) is 54.6 Å². The normalized spacial score (nSPS) is 13.7. The molecule has 2 N–H and O–H groups in total. The molecule has 1 aliphatic rings. The first kappa shape index (κ1) is 28.5. The van der Waals surface area contributed by atoms with Gasteiger partial charge in [0.25, 0.3) is 11.8 Å². The van der Waals surface area contributed by atoms with Crippen LogP contribution in [0, 0.1) is 0 Å². The lowest BCUT2D eigenvalue weighted by Gasteiger charge is -2.32. The first-order chi connectivity index (χ1) is 19.4. The van der Waals surface area contributed by atoms with E-state index in [0.29, 0.717) is 49.0 Å². The minimum Gasteiger partial charge on any atom is -0.446 e. The topological polar surface area (TPSA) is 108 Å². The Morgan fingerprint density at radius 2 is 1.65 bits per heavy atom. The Labute approximate surface area is 234 Å². The minimum atomic E-state index is -0.464. The van der Waals surface area contributed by atoms with Crippen molar-refractivity contribution in [1.29, 1.82) is 0 Å². The van der Waals surface area contributed by atoms with E-state index in [4.69, 9.17) is 4.74 Å². The number of hydrogen-bond donors (Lipinski definition) is 2. The Kier molecular flexibility index (Phi) is 10.0. The molecule has 0 aromatic heterocycles. The SMILES string of the molecule is CN(CCN1CCC(OC(=O)Nc2ccccc2-c2ccccc2)CC1)C(=O)c1cccc(C(=O)NCC=O)c1. The quantitative estimate of drug-likeness (QED) is 0.374. The number of amides is 3. The van der Waals surface area contributed by atoms with Gasteiger partial charge in [0, 0.05) is 49.9 Å². The summed E-state index contributed by atoms with van der Waals surface area (Å²) in [6, 6.07) is 24.0. The van der Waals surface area contributed by atoms with E-state index >= 15 is 0 Å². The van der Waals surface area contributed by atoms with Crippen LogP contribution in [0.3, 0.4) is 0 Å². The van der Waals surface area contributed by atoms with Crippen molar-refractivity contribution < 1.29 is 23.9 Å². The maximum absolute atomic E-state index is 12.9. The van der Waals surface area contributed by atoms with Crippen LogP contribution in [0.15, 0.2) is 78.9 Å². The molecule has 1 aliphatic heterocycles. The molecule has 9 nitrogen and oxygen atoms in total. The van der Waals surface area contributed by atoms with Crippen LogP contribution >= 0.6 is 0 Å². The largest absolute Gasteiger partial charge is 0.446 e. The number of likely N-dealkylation sites (N-methyl/N-ethyl adjacent to an activating group) is 1. The van der Waals surface area contributed by atoms with Gasteiger partial charge in [0.05, 0.1) is 12.2 Å². The summed E-state index contributed by atoms with van der Waals surface area (Å²) in [7, 11) is 1.73. The average molecular weight is 543 g/mol. The number of hydrogen-bond acceptors (Lipinski definition) is 6. The Morgan fingerprint density at radius 1 is 0.950 bits per heavy atom. The number of carbonyl (C=O) groups excluding carboxylic acids is 4. The number of carbonyl (C=O) groups is 4. The summed E-state index contributed by atoms with van der Waals surface area (Å²) < 4.78 is 5.72. The van der Waals surface area contributed by atoms with Crippen molar-refractivity contribution in [1.82, 2.24) is 15.1 Å². The molecule has 0 atom stereocenters. The van der Waals surface area contributed by atoms with E-state index in [1.165, 1.54) is 6.07 Å². The first-order valence-corrected chi connectivity index (χ1v) is 13.4. The first-order valence-electron chi connectivity index (χ1n) is 13.4. The van der Waals surface area contributed by atoms with Gasteiger partial charge in [-0.15, -0.1) is 0 Å². The van der Waals surface area contributed by atoms with Gasteiger partial charge < -0.3 is 24.6 Å². The molecule has 0 saturated carbocycles. The average Bonchev–Trinajstić information content (AvgIpc) is 2.99. The molecule has 3 amide bonds. The van der Waals surface area contributed by atoms with Crippen LogP contribution in [0.2, 0.25) is 0 Å². The number of nitrogens with zero attached hydrogens (tertiary/aromatic N) is 2. The van der Waals surface area contributed by atoms with E-state index in [1.54, 1.807) is 30.1 Å². The molecule has 4 rings (SSSR count). The number of rotatable bonds is 10. The smallest absolute Gasteiger partial charge is 0.411 e. The number of benzene rings is 3. The molecule has 0 spiro atoms. The summed E-state index contributed by atoms with van der Waals surface area (Å²) >= 11 is 0. The Hall–Kier alpha value is -4.50. The van der Waals surface area contributed by atoms with Gasteiger partial charge in [-0.05, 0) is 42.7 Å². The van der Waals surface area contributed by atoms with E-state index in [2.05, 4.69) is 15.5 Å². The lowest BCUT2D eigenvalue weighted by Crippen LogP contribution is -2.42. The zero-order chi connectivity index (χ0) is 28.3. The molecule has 3 aromatic rings. The lowest BCUT2D eigenvalue weighted by atomic mass is 10.0. The molecule has 1 heterocycles. The van der Waals surface area contributed by atoms with Gasteiger partial charge in [-0.3, -0.25) is 14.9 Å². The number of aldehydes is 1. The fourth-order valence-electron chi connectivity index (χ4n) is 4.65. The van der Waals surface area contributed by atoms with E-state index in [-0.39, 0.29) is 18.6 Å². The van der Waals surface area contributed by atoms with E-state index < -0.39 is 12.0 Å². The number of anilines is 1. The molecule has 3 aromatic carbocycles. The zero-order valence-corrected chi connectivity index (χ0v) is 22.5. The van der Waals surface area contributed by atoms with Gasteiger partial charge in [0.15, 0.2) is 0 Å². The molecule has 1 saturated heterocycles. The van der Waals surface area contributed by atoms with E-state index in [9.17, 15) is 19.2 Å². The maximum atomic E-state index is 12.9. The molecule has 0 aliphatic carbocycles. The highest BCUT2D eigenvalue weighted by molar-refractivity contribution is 6.00. The van der Waals surface area contributed by atoms with E-state index in [0.717, 1.165) is 24.2 Å². The second-order valence-corrected chi connectivity index (χ2v) is 9.67. The van der Waals surface area contributed by atoms with Crippen LogP contribution in [0.25, 0.3) is 11.1 Å². The highest BCUT2D eigenvalue weighted by Crippen LogP contribution is 2.28. The predicted octanol–water partition coefficient (Wildman–Crippen LogP) is 4.07. The third kappa shape index (κ3) is 7.77. The zero-order valence-electron chi connectivity index (χ0n) is 22.5. The second-order valence-electron chi connectivity index (χ2n) is 9.67. The highest BCUT2D eigenvalue weighted by atomic mass is 16.6. The second kappa shape index (κ2) is 14.0. The third-order valence-corrected chi connectivity index (χ3v) is 6.87. The van der Waals surface area contributed by atoms with Gasteiger partial charge >= 0.3 is 6.09 Å². The van der Waals surface area contributed by atoms with Gasteiger partial charge in [-0.2, -0.15) is 0 Å². The van der Waals surface area contributed by atoms with Crippen molar-refractivity contribution in [2.75, 3.05) is 45.1 Å². The molecule has 0 unspecified atom stereocenters. The number of piperidine rings is 1. The van der Waals surface area contributed by atoms with Crippen molar-refractivity contribution in [2.45, 2.75) is 18.9 Å². The number of likely N-dealkylation sites (tertiary alicyclic amines) is 1. The third-order valence-electron chi connectivity index (χ3n) is 6.87. The summed E-state index contributed by atoms with van der Waals surface area (Å²) in [6.07, 6.45) is 1.39. The minimum absolute atomic E-state index is 0.0778. The van der Waals surface area contributed by atoms with Gasteiger partial charge in [0.2, 0.25) is 0 Å². The van der Waals surface area contributed by atoms with Gasteiger partial charge in [-0.25, -0.2) is 4.79 Å². The van der Waals surface area contributed by atoms with Crippen molar-refractivity contribution in [2.24, 2.45) is 0 Å². The molecule has 1 fully saturated rings. The van der Waals surface area contributed by atoms with Crippen LogP contribution in [-0.4, -0.2) is 79.9 Å². The summed E-state index contributed by atoms with van der Waals surface area (Å²) in [4.78, 5) is 52.0. The molecule has 0 radical (unpaired) electrons. The Bertz CT molecular complexity index is 1320. The lowest BCUT2D eigenvalue weighted by molar-refractivity contribution is -0.107. The van der Waals surface area contributed by atoms with Crippen molar-refractivity contribution in [3.8, 4) is 11.1 Å². The molecule has 0 bridgehead atoms. The summed E-state index contributed by atoms with van der Waals surface area (Å²) in [5.74, 6) is -0.584. The fourth-order valence-corrected chi connectivity index (χ4v) is 4.65. The molecular formula is C31H34N4O5. The monoisotopic (exact) mass is 542 g/mol. The van der Waals surface area contributed by atoms with Gasteiger partial charge in [0.1, 0.15) is 12.4 Å². The van der Waals surface area contributed by atoms with Crippen LogP contribution in [0.4, 0.5) is 10.5 Å². The molecular weight excluding hydrogens is 508 g/mol. The summed E-state index contributed by atoms with van der Waals surface area (Å²) in [5.41, 5.74) is 3.39. The predicted molar refractivity (Wildman–Crippen MR) is 153 cm³/mol. The Morgan fingerprint density at radius 3 is 2.40 bits per heavy atom. The molecule has 208 valence electrons.